The summed E-state index contributed by atoms with van der Waals surface area (Å²) in [6.07, 6.45) is 1.73. The Morgan fingerprint density at radius 2 is 2.11 bits per heavy atom. The SMILES string of the molecule is CC(C)Oc1ccc(Cl)cc1C(=O)NCc1cccnc1N1CCOCC1. The fourth-order valence-electron chi connectivity index (χ4n) is 2.94. The molecule has 7 heteroatoms. The molecular weight excluding hydrogens is 366 g/mol. The number of rotatable bonds is 6. The second-order valence-electron chi connectivity index (χ2n) is 6.58. The molecule has 1 saturated heterocycles. The molecule has 0 radical (unpaired) electrons. The van der Waals surface area contributed by atoms with Gasteiger partial charge in [0.1, 0.15) is 11.6 Å². The molecule has 1 fully saturated rings. The van der Waals surface area contributed by atoms with Gasteiger partial charge in [-0.15, -0.1) is 0 Å². The second kappa shape index (κ2) is 9.06. The smallest absolute Gasteiger partial charge is 0.255 e. The van der Waals surface area contributed by atoms with Crippen molar-refractivity contribution in [2.45, 2.75) is 26.5 Å². The van der Waals surface area contributed by atoms with E-state index in [9.17, 15) is 4.79 Å². The maximum atomic E-state index is 12.8. The van der Waals surface area contributed by atoms with Crippen LogP contribution in [0.1, 0.15) is 29.8 Å². The number of morpholine rings is 1. The normalized spacial score (nSPS) is 14.3. The van der Waals surface area contributed by atoms with Crippen LogP contribution in [-0.2, 0) is 11.3 Å². The number of nitrogens with zero attached hydrogens (tertiary/aromatic N) is 2. The van der Waals surface area contributed by atoms with Gasteiger partial charge in [-0.1, -0.05) is 17.7 Å². The lowest BCUT2D eigenvalue weighted by Crippen LogP contribution is -2.37. The number of hydrogen-bond acceptors (Lipinski definition) is 5. The van der Waals surface area contributed by atoms with Gasteiger partial charge in [-0.25, -0.2) is 4.98 Å². The largest absolute Gasteiger partial charge is 0.490 e. The van der Waals surface area contributed by atoms with Crippen molar-refractivity contribution in [2.75, 3.05) is 31.2 Å². The molecule has 144 valence electrons. The summed E-state index contributed by atoms with van der Waals surface area (Å²) in [4.78, 5) is 19.4. The first-order valence-electron chi connectivity index (χ1n) is 9.05. The zero-order valence-electron chi connectivity index (χ0n) is 15.6. The van der Waals surface area contributed by atoms with E-state index in [2.05, 4.69) is 15.2 Å². The Balaban J connectivity index is 1.74. The summed E-state index contributed by atoms with van der Waals surface area (Å²) in [6, 6.07) is 8.91. The van der Waals surface area contributed by atoms with Crippen molar-refractivity contribution >= 4 is 23.3 Å². The van der Waals surface area contributed by atoms with Crippen LogP contribution in [0.15, 0.2) is 36.5 Å². The number of aromatic nitrogens is 1. The van der Waals surface area contributed by atoms with Crippen LogP contribution in [-0.4, -0.2) is 43.3 Å². The summed E-state index contributed by atoms with van der Waals surface area (Å²) >= 11 is 6.08. The van der Waals surface area contributed by atoms with E-state index < -0.39 is 0 Å². The van der Waals surface area contributed by atoms with E-state index in [1.54, 1.807) is 24.4 Å². The zero-order chi connectivity index (χ0) is 19.2. The molecule has 2 aromatic rings. The van der Waals surface area contributed by atoms with Crippen molar-refractivity contribution in [2.24, 2.45) is 0 Å². The molecule has 1 N–H and O–H groups in total. The van der Waals surface area contributed by atoms with Crippen molar-refractivity contribution in [3.63, 3.8) is 0 Å². The van der Waals surface area contributed by atoms with Gasteiger partial charge in [0.25, 0.3) is 5.91 Å². The maximum Gasteiger partial charge on any atom is 0.255 e. The van der Waals surface area contributed by atoms with Gasteiger partial charge in [0.15, 0.2) is 0 Å². The first-order valence-corrected chi connectivity index (χ1v) is 9.43. The number of amides is 1. The van der Waals surface area contributed by atoms with Crippen LogP contribution in [0.2, 0.25) is 5.02 Å². The molecule has 27 heavy (non-hydrogen) atoms. The van der Waals surface area contributed by atoms with E-state index >= 15 is 0 Å². The third kappa shape index (κ3) is 5.11. The molecule has 0 spiro atoms. The molecule has 0 aliphatic carbocycles. The lowest BCUT2D eigenvalue weighted by atomic mass is 10.1. The summed E-state index contributed by atoms with van der Waals surface area (Å²) in [7, 11) is 0. The highest BCUT2D eigenvalue weighted by molar-refractivity contribution is 6.31. The lowest BCUT2D eigenvalue weighted by Gasteiger charge is -2.29. The van der Waals surface area contributed by atoms with Gasteiger partial charge in [-0.05, 0) is 38.1 Å². The Morgan fingerprint density at radius 1 is 1.33 bits per heavy atom. The van der Waals surface area contributed by atoms with Crippen LogP contribution in [0.5, 0.6) is 5.75 Å². The number of benzene rings is 1. The molecule has 1 aliphatic rings. The molecule has 0 atom stereocenters. The molecule has 0 saturated carbocycles. The average Bonchev–Trinajstić information content (AvgIpc) is 2.68. The Labute approximate surface area is 164 Å². The molecule has 1 aliphatic heterocycles. The average molecular weight is 390 g/mol. The van der Waals surface area contributed by atoms with E-state index in [0.717, 1.165) is 24.5 Å². The van der Waals surface area contributed by atoms with Crippen LogP contribution in [0.4, 0.5) is 5.82 Å². The summed E-state index contributed by atoms with van der Waals surface area (Å²) in [6.45, 7) is 7.15. The predicted molar refractivity (Wildman–Crippen MR) is 106 cm³/mol. The summed E-state index contributed by atoms with van der Waals surface area (Å²) in [5, 5.41) is 3.45. The number of pyridine rings is 1. The molecule has 3 rings (SSSR count). The number of hydrogen-bond donors (Lipinski definition) is 1. The van der Waals surface area contributed by atoms with Crippen molar-refractivity contribution in [1.29, 1.82) is 0 Å². The van der Waals surface area contributed by atoms with Crippen molar-refractivity contribution in [3.8, 4) is 5.75 Å². The van der Waals surface area contributed by atoms with Crippen molar-refractivity contribution in [1.82, 2.24) is 10.3 Å². The van der Waals surface area contributed by atoms with E-state index in [-0.39, 0.29) is 12.0 Å². The highest BCUT2D eigenvalue weighted by Gasteiger charge is 2.18. The molecule has 1 amide bonds. The van der Waals surface area contributed by atoms with E-state index in [0.29, 0.717) is 36.1 Å². The Hall–Kier alpha value is -2.31. The van der Waals surface area contributed by atoms with Crippen LogP contribution < -0.4 is 15.0 Å². The van der Waals surface area contributed by atoms with Crippen LogP contribution in [0, 0.1) is 0 Å². The third-order valence-electron chi connectivity index (χ3n) is 4.17. The van der Waals surface area contributed by atoms with E-state index in [4.69, 9.17) is 21.1 Å². The van der Waals surface area contributed by atoms with Crippen molar-refractivity contribution in [3.05, 3.63) is 52.7 Å². The first kappa shape index (κ1) is 19.5. The second-order valence-corrected chi connectivity index (χ2v) is 7.01. The van der Waals surface area contributed by atoms with Gasteiger partial charge >= 0.3 is 0 Å². The predicted octanol–water partition coefficient (Wildman–Crippen LogP) is 3.29. The fraction of sp³-hybridized carbons (Fsp3) is 0.400. The number of carbonyl (C=O) groups excluding carboxylic acids is 1. The molecular formula is C20H24ClN3O3. The zero-order valence-corrected chi connectivity index (χ0v) is 16.3. The van der Waals surface area contributed by atoms with Crippen molar-refractivity contribution < 1.29 is 14.3 Å². The monoisotopic (exact) mass is 389 g/mol. The van der Waals surface area contributed by atoms with Gasteiger partial charge in [-0.2, -0.15) is 0 Å². The number of nitrogens with one attached hydrogen (secondary N) is 1. The Morgan fingerprint density at radius 3 is 2.85 bits per heavy atom. The first-order chi connectivity index (χ1) is 13.0. The van der Waals surface area contributed by atoms with E-state index in [1.807, 2.05) is 26.0 Å². The van der Waals surface area contributed by atoms with Gasteiger partial charge in [-0.3, -0.25) is 4.79 Å². The highest BCUT2D eigenvalue weighted by atomic mass is 35.5. The van der Waals surface area contributed by atoms with Gasteiger partial charge < -0.3 is 19.7 Å². The Kier molecular flexibility index (Phi) is 6.53. The minimum absolute atomic E-state index is 0.0380. The summed E-state index contributed by atoms with van der Waals surface area (Å²) in [5.41, 5.74) is 1.38. The fourth-order valence-corrected chi connectivity index (χ4v) is 3.11. The molecule has 1 aromatic carbocycles. The number of carbonyl (C=O) groups is 1. The van der Waals surface area contributed by atoms with Crippen LogP contribution in [0.3, 0.4) is 0 Å². The number of ether oxygens (including phenoxy) is 2. The number of anilines is 1. The Bertz CT molecular complexity index is 792. The minimum atomic E-state index is -0.232. The molecule has 1 aromatic heterocycles. The van der Waals surface area contributed by atoms with Crippen LogP contribution >= 0.6 is 11.6 Å². The van der Waals surface area contributed by atoms with Crippen LogP contribution in [0.25, 0.3) is 0 Å². The van der Waals surface area contributed by atoms with Gasteiger partial charge in [0.05, 0.1) is 24.9 Å². The lowest BCUT2D eigenvalue weighted by molar-refractivity contribution is 0.0944. The van der Waals surface area contributed by atoms with E-state index in [1.165, 1.54) is 0 Å². The standard InChI is InChI=1S/C20H24ClN3O3/c1-14(2)27-18-6-5-16(21)12-17(18)20(25)23-13-15-4-3-7-22-19(15)24-8-10-26-11-9-24/h3-7,12,14H,8-11,13H2,1-2H3,(H,23,25). The third-order valence-corrected chi connectivity index (χ3v) is 4.40. The molecule has 6 nitrogen and oxygen atoms in total. The molecule has 0 unspecified atom stereocenters. The minimum Gasteiger partial charge on any atom is -0.490 e. The highest BCUT2D eigenvalue weighted by Crippen LogP contribution is 2.24. The number of halogens is 1. The topological polar surface area (TPSA) is 63.7 Å². The van der Waals surface area contributed by atoms with Gasteiger partial charge in [0, 0.05) is 36.4 Å². The summed E-state index contributed by atoms with van der Waals surface area (Å²) < 4.78 is 11.1. The summed E-state index contributed by atoms with van der Waals surface area (Å²) in [5.74, 6) is 1.17. The van der Waals surface area contributed by atoms with Gasteiger partial charge in [0.2, 0.25) is 0 Å². The molecule has 2 heterocycles. The quantitative estimate of drug-likeness (QED) is 0.821. The maximum absolute atomic E-state index is 12.8. The molecule has 0 bridgehead atoms.